The SMILES string of the molecule is C[C@H]1Cc2ccccc2N1C(=O)COC(=O)c1cc([N+](=O)[O-])ccc1N1CCCC1. The summed E-state index contributed by atoms with van der Waals surface area (Å²) in [5.74, 6) is -1.04. The first-order valence-corrected chi connectivity index (χ1v) is 10.1. The predicted octanol–water partition coefficient (Wildman–Crippen LogP) is 3.33. The summed E-state index contributed by atoms with van der Waals surface area (Å²) < 4.78 is 5.32. The Morgan fingerprint density at radius 3 is 2.60 bits per heavy atom. The molecule has 156 valence electrons. The molecule has 0 saturated carbocycles. The number of fused-ring (bicyclic) bond motifs is 1. The molecule has 2 aliphatic heterocycles. The van der Waals surface area contributed by atoms with Crippen LogP contribution < -0.4 is 9.80 Å². The minimum atomic E-state index is -0.728. The van der Waals surface area contributed by atoms with Crippen LogP contribution in [0.4, 0.5) is 17.1 Å². The average molecular weight is 409 g/mol. The number of amides is 1. The van der Waals surface area contributed by atoms with E-state index >= 15 is 0 Å². The predicted molar refractivity (Wildman–Crippen MR) is 112 cm³/mol. The number of para-hydroxylation sites is 1. The molecule has 8 heteroatoms. The summed E-state index contributed by atoms with van der Waals surface area (Å²) in [7, 11) is 0. The molecule has 30 heavy (non-hydrogen) atoms. The van der Waals surface area contributed by atoms with Crippen LogP contribution >= 0.6 is 0 Å². The number of ether oxygens (including phenoxy) is 1. The molecule has 2 aliphatic rings. The van der Waals surface area contributed by atoms with Crippen molar-refractivity contribution in [1.29, 1.82) is 0 Å². The fourth-order valence-electron chi connectivity index (χ4n) is 4.26. The van der Waals surface area contributed by atoms with Gasteiger partial charge in [0.2, 0.25) is 0 Å². The molecule has 2 aromatic carbocycles. The van der Waals surface area contributed by atoms with E-state index in [4.69, 9.17) is 4.74 Å². The molecule has 2 aromatic rings. The van der Waals surface area contributed by atoms with Crippen LogP contribution in [0.1, 0.15) is 35.7 Å². The summed E-state index contributed by atoms with van der Waals surface area (Å²) in [4.78, 5) is 39.9. The van der Waals surface area contributed by atoms with Gasteiger partial charge in [-0.25, -0.2) is 4.79 Å². The first-order chi connectivity index (χ1) is 14.5. The highest BCUT2D eigenvalue weighted by molar-refractivity contribution is 6.01. The molecular formula is C22H23N3O5. The summed E-state index contributed by atoms with van der Waals surface area (Å²) in [6.45, 7) is 3.09. The van der Waals surface area contributed by atoms with E-state index < -0.39 is 17.5 Å². The van der Waals surface area contributed by atoms with Crippen molar-refractivity contribution in [3.63, 3.8) is 0 Å². The minimum Gasteiger partial charge on any atom is -0.452 e. The lowest BCUT2D eigenvalue weighted by atomic mass is 10.1. The average Bonchev–Trinajstić information content (AvgIpc) is 3.38. The summed E-state index contributed by atoms with van der Waals surface area (Å²) in [6, 6.07) is 11.8. The standard InChI is InChI=1S/C22H23N3O5/c1-15-12-16-6-2-3-7-19(16)24(15)21(26)14-30-22(27)18-13-17(25(28)29)8-9-20(18)23-10-4-5-11-23/h2-3,6-9,13,15H,4-5,10-12,14H2,1H3/t15-/m0/s1. The number of carbonyl (C=O) groups is 2. The Balaban J connectivity index is 1.52. The number of hydrogen-bond acceptors (Lipinski definition) is 6. The van der Waals surface area contributed by atoms with Gasteiger partial charge in [-0.3, -0.25) is 14.9 Å². The third kappa shape index (κ3) is 3.72. The van der Waals surface area contributed by atoms with E-state index in [1.807, 2.05) is 36.1 Å². The van der Waals surface area contributed by atoms with Gasteiger partial charge in [0.25, 0.3) is 11.6 Å². The largest absolute Gasteiger partial charge is 0.452 e. The van der Waals surface area contributed by atoms with Gasteiger partial charge in [-0.2, -0.15) is 0 Å². The molecule has 0 unspecified atom stereocenters. The lowest BCUT2D eigenvalue weighted by Gasteiger charge is -2.23. The number of non-ortho nitro benzene ring substituents is 1. The van der Waals surface area contributed by atoms with Crippen molar-refractivity contribution < 1.29 is 19.2 Å². The topological polar surface area (TPSA) is 93.0 Å². The number of anilines is 2. The van der Waals surface area contributed by atoms with Crippen molar-refractivity contribution in [2.45, 2.75) is 32.2 Å². The highest BCUT2D eigenvalue weighted by Crippen LogP contribution is 2.32. The molecule has 1 atom stereocenters. The normalized spacial score (nSPS) is 17.7. The molecular weight excluding hydrogens is 386 g/mol. The van der Waals surface area contributed by atoms with Crippen LogP contribution in [0.2, 0.25) is 0 Å². The van der Waals surface area contributed by atoms with Crippen LogP contribution in [-0.4, -0.2) is 42.5 Å². The zero-order valence-electron chi connectivity index (χ0n) is 16.7. The van der Waals surface area contributed by atoms with Gasteiger partial charge in [0, 0.05) is 37.0 Å². The second-order valence-electron chi connectivity index (χ2n) is 7.67. The second kappa shape index (κ2) is 8.14. The minimum absolute atomic E-state index is 0.0217. The Hall–Kier alpha value is -3.42. The number of nitrogens with zero attached hydrogens (tertiary/aromatic N) is 3. The van der Waals surface area contributed by atoms with Crippen LogP contribution in [0, 0.1) is 10.1 Å². The van der Waals surface area contributed by atoms with Crippen molar-refractivity contribution in [2.75, 3.05) is 29.5 Å². The van der Waals surface area contributed by atoms with Gasteiger partial charge >= 0.3 is 5.97 Å². The summed E-state index contributed by atoms with van der Waals surface area (Å²) in [6.07, 6.45) is 2.74. The number of hydrogen-bond donors (Lipinski definition) is 0. The van der Waals surface area contributed by atoms with Crippen molar-refractivity contribution in [1.82, 2.24) is 0 Å². The van der Waals surface area contributed by atoms with Crippen molar-refractivity contribution >= 4 is 28.9 Å². The number of nitro groups is 1. The zero-order chi connectivity index (χ0) is 21.3. The first kappa shape index (κ1) is 19.9. The van der Waals surface area contributed by atoms with Gasteiger partial charge in [-0.05, 0) is 43.9 Å². The summed E-state index contributed by atoms with van der Waals surface area (Å²) in [5, 5.41) is 11.2. The molecule has 1 amide bonds. The molecule has 0 radical (unpaired) electrons. The molecule has 0 aromatic heterocycles. The maximum absolute atomic E-state index is 12.8. The molecule has 8 nitrogen and oxygen atoms in total. The van der Waals surface area contributed by atoms with E-state index in [0.717, 1.165) is 43.6 Å². The number of nitro benzene ring substituents is 1. The van der Waals surface area contributed by atoms with E-state index in [2.05, 4.69) is 0 Å². The van der Waals surface area contributed by atoms with Crippen molar-refractivity contribution in [2.24, 2.45) is 0 Å². The van der Waals surface area contributed by atoms with Gasteiger partial charge in [0.05, 0.1) is 16.2 Å². The zero-order valence-corrected chi connectivity index (χ0v) is 16.7. The van der Waals surface area contributed by atoms with Gasteiger partial charge in [0.1, 0.15) is 0 Å². The van der Waals surface area contributed by atoms with Gasteiger partial charge < -0.3 is 14.5 Å². The molecule has 4 rings (SSSR count). The summed E-state index contributed by atoms with van der Waals surface area (Å²) >= 11 is 0. The third-order valence-corrected chi connectivity index (χ3v) is 5.66. The maximum atomic E-state index is 12.8. The highest BCUT2D eigenvalue weighted by Gasteiger charge is 2.31. The Morgan fingerprint density at radius 1 is 1.13 bits per heavy atom. The Bertz CT molecular complexity index is 1000. The number of carbonyl (C=O) groups excluding carboxylic acids is 2. The van der Waals surface area contributed by atoms with Crippen LogP contribution in [0.25, 0.3) is 0 Å². The fourth-order valence-corrected chi connectivity index (χ4v) is 4.26. The van der Waals surface area contributed by atoms with Gasteiger partial charge in [0.15, 0.2) is 6.61 Å². The third-order valence-electron chi connectivity index (χ3n) is 5.66. The van der Waals surface area contributed by atoms with Gasteiger partial charge in [-0.1, -0.05) is 18.2 Å². The lowest BCUT2D eigenvalue weighted by Crippen LogP contribution is -2.38. The quantitative estimate of drug-likeness (QED) is 0.427. The molecule has 2 heterocycles. The molecule has 0 bridgehead atoms. The molecule has 1 saturated heterocycles. The first-order valence-electron chi connectivity index (χ1n) is 10.1. The van der Waals surface area contributed by atoms with Crippen LogP contribution in [0.3, 0.4) is 0 Å². The van der Waals surface area contributed by atoms with Crippen molar-refractivity contribution in [3.05, 3.63) is 63.7 Å². The van der Waals surface area contributed by atoms with Crippen LogP contribution in [0.5, 0.6) is 0 Å². The highest BCUT2D eigenvalue weighted by atomic mass is 16.6. The molecule has 0 spiro atoms. The monoisotopic (exact) mass is 409 g/mol. The van der Waals surface area contributed by atoms with E-state index in [1.165, 1.54) is 12.1 Å². The lowest BCUT2D eigenvalue weighted by molar-refractivity contribution is -0.384. The van der Waals surface area contributed by atoms with E-state index in [1.54, 1.807) is 11.0 Å². The number of benzene rings is 2. The Labute approximate surface area is 174 Å². The van der Waals surface area contributed by atoms with Crippen molar-refractivity contribution in [3.8, 4) is 0 Å². The molecule has 0 aliphatic carbocycles. The smallest absolute Gasteiger partial charge is 0.341 e. The van der Waals surface area contributed by atoms with E-state index in [0.29, 0.717) is 5.69 Å². The Morgan fingerprint density at radius 2 is 1.87 bits per heavy atom. The second-order valence-corrected chi connectivity index (χ2v) is 7.67. The van der Waals surface area contributed by atoms with Crippen LogP contribution in [-0.2, 0) is 16.0 Å². The van der Waals surface area contributed by atoms with E-state index in [9.17, 15) is 19.7 Å². The fraction of sp³-hybridized carbons (Fsp3) is 0.364. The maximum Gasteiger partial charge on any atom is 0.341 e. The molecule has 0 N–H and O–H groups in total. The number of rotatable bonds is 5. The summed E-state index contributed by atoms with van der Waals surface area (Å²) in [5.41, 5.74) is 2.46. The molecule has 1 fully saturated rings. The van der Waals surface area contributed by atoms with E-state index in [-0.39, 0.29) is 23.2 Å². The van der Waals surface area contributed by atoms with Crippen LogP contribution in [0.15, 0.2) is 42.5 Å². The number of esters is 1. The van der Waals surface area contributed by atoms with Gasteiger partial charge in [-0.15, -0.1) is 0 Å². The Kier molecular flexibility index (Phi) is 5.39.